The third-order valence-electron chi connectivity index (χ3n) is 3.57. The SMILES string of the molecule is O=C(Nc1cn[nH]c1-c1ccccn1)c1ccnc(-c2ncc[nH]2)c1. The summed E-state index contributed by atoms with van der Waals surface area (Å²) in [7, 11) is 0. The first-order valence-corrected chi connectivity index (χ1v) is 7.53. The summed E-state index contributed by atoms with van der Waals surface area (Å²) in [6, 6.07) is 8.85. The van der Waals surface area contributed by atoms with Gasteiger partial charge in [0.15, 0.2) is 5.82 Å². The van der Waals surface area contributed by atoms with E-state index >= 15 is 0 Å². The number of pyridine rings is 2. The number of amides is 1. The van der Waals surface area contributed by atoms with Gasteiger partial charge in [0.25, 0.3) is 5.91 Å². The number of carbonyl (C=O) groups excluding carboxylic acids is 1. The second-order valence-corrected chi connectivity index (χ2v) is 5.20. The van der Waals surface area contributed by atoms with Gasteiger partial charge >= 0.3 is 0 Å². The maximum atomic E-state index is 12.6. The summed E-state index contributed by atoms with van der Waals surface area (Å²) in [4.78, 5) is 28.2. The van der Waals surface area contributed by atoms with E-state index in [0.717, 1.165) is 0 Å². The molecule has 122 valence electrons. The van der Waals surface area contributed by atoms with Gasteiger partial charge in [-0.1, -0.05) is 6.07 Å². The summed E-state index contributed by atoms with van der Waals surface area (Å²) in [5, 5.41) is 9.70. The molecule has 0 aliphatic carbocycles. The fourth-order valence-electron chi connectivity index (χ4n) is 2.39. The molecule has 0 saturated carbocycles. The molecular formula is C17H13N7O. The number of rotatable bonds is 4. The number of anilines is 1. The number of aromatic amines is 2. The third kappa shape index (κ3) is 3.00. The Bertz CT molecular complexity index is 993. The Labute approximate surface area is 142 Å². The van der Waals surface area contributed by atoms with E-state index in [1.54, 1.807) is 43.1 Å². The van der Waals surface area contributed by atoms with E-state index in [9.17, 15) is 4.79 Å². The number of aromatic nitrogens is 6. The van der Waals surface area contributed by atoms with E-state index in [1.807, 2.05) is 18.2 Å². The monoisotopic (exact) mass is 331 g/mol. The van der Waals surface area contributed by atoms with E-state index in [-0.39, 0.29) is 5.91 Å². The number of carbonyl (C=O) groups is 1. The maximum absolute atomic E-state index is 12.6. The van der Waals surface area contributed by atoms with Gasteiger partial charge in [-0.15, -0.1) is 0 Å². The summed E-state index contributed by atoms with van der Waals surface area (Å²) in [5.74, 6) is 0.334. The van der Waals surface area contributed by atoms with Gasteiger partial charge in [0.05, 0.1) is 17.6 Å². The van der Waals surface area contributed by atoms with Crippen molar-refractivity contribution in [1.29, 1.82) is 0 Å². The summed E-state index contributed by atoms with van der Waals surface area (Å²) in [5.41, 5.74) is 2.96. The quantitative estimate of drug-likeness (QED) is 0.532. The molecule has 1 amide bonds. The maximum Gasteiger partial charge on any atom is 0.255 e. The van der Waals surface area contributed by atoms with Crippen LogP contribution in [0.25, 0.3) is 22.9 Å². The van der Waals surface area contributed by atoms with Crippen molar-refractivity contribution in [3.8, 4) is 22.9 Å². The minimum Gasteiger partial charge on any atom is -0.343 e. The van der Waals surface area contributed by atoms with Crippen LogP contribution in [0.5, 0.6) is 0 Å². The standard InChI is InChI=1S/C17H13N7O/c25-17(11-4-6-19-13(9-11)16-20-7-8-21-16)23-14-10-22-24-15(14)12-3-1-2-5-18-12/h1-10H,(H,20,21)(H,22,24)(H,23,25). The van der Waals surface area contributed by atoms with Gasteiger partial charge in [0.1, 0.15) is 11.4 Å². The molecule has 4 aromatic heterocycles. The molecule has 0 spiro atoms. The molecule has 0 saturated heterocycles. The second kappa shape index (κ2) is 6.36. The molecule has 4 heterocycles. The van der Waals surface area contributed by atoms with Crippen LogP contribution in [0.2, 0.25) is 0 Å². The van der Waals surface area contributed by atoms with Crippen molar-refractivity contribution >= 4 is 11.6 Å². The molecule has 0 aliphatic rings. The van der Waals surface area contributed by atoms with Gasteiger partial charge < -0.3 is 10.3 Å². The van der Waals surface area contributed by atoms with Crippen molar-refractivity contribution in [1.82, 2.24) is 30.1 Å². The Morgan fingerprint density at radius 1 is 1.00 bits per heavy atom. The largest absolute Gasteiger partial charge is 0.343 e. The number of nitrogens with one attached hydrogen (secondary N) is 3. The lowest BCUT2D eigenvalue weighted by Gasteiger charge is -2.06. The molecule has 4 aromatic rings. The van der Waals surface area contributed by atoms with Crippen LogP contribution in [-0.2, 0) is 0 Å². The zero-order valence-electron chi connectivity index (χ0n) is 13.0. The normalized spacial score (nSPS) is 10.6. The summed E-state index contributed by atoms with van der Waals surface area (Å²) in [6.07, 6.45) is 8.14. The van der Waals surface area contributed by atoms with Crippen LogP contribution in [0.4, 0.5) is 5.69 Å². The van der Waals surface area contributed by atoms with Crippen LogP contribution in [0.3, 0.4) is 0 Å². The highest BCUT2D eigenvalue weighted by molar-refractivity contribution is 6.06. The van der Waals surface area contributed by atoms with Crippen LogP contribution in [-0.4, -0.2) is 36.0 Å². The molecule has 8 nitrogen and oxygen atoms in total. The zero-order chi connectivity index (χ0) is 17.1. The van der Waals surface area contributed by atoms with Crippen LogP contribution in [0.15, 0.2) is 61.3 Å². The Morgan fingerprint density at radius 2 is 1.92 bits per heavy atom. The highest BCUT2D eigenvalue weighted by atomic mass is 16.1. The molecule has 0 aliphatic heterocycles. The fourth-order valence-corrected chi connectivity index (χ4v) is 2.39. The lowest BCUT2D eigenvalue weighted by atomic mass is 10.2. The molecule has 0 aromatic carbocycles. The Hall–Kier alpha value is -3.81. The lowest BCUT2D eigenvalue weighted by Crippen LogP contribution is -2.12. The predicted molar refractivity (Wildman–Crippen MR) is 91.6 cm³/mol. The van der Waals surface area contributed by atoms with Gasteiger partial charge in [0.2, 0.25) is 0 Å². The summed E-state index contributed by atoms with van der Waals surface area (Å²) in [6.45, 7) is 0. The average molecular weight is 331 g/mol. The number of H-pyrrole nitrogens is 2. The number of imidazole rings is 1. The minimum atomic E-state index is -0.270. The van der Waals surface area contributed by atoms with Crippen LogP contribution in [0, 0.1) is 0 Å². The van der Waals surface area contributed by atoms with Gasteiger partial charge in [-0.05, 0) is 24.3 Å². The second-order valence-electron chi connectivity index (χ2n) is 5.20. The van der Waals surface area contributed by atoms with Crippen molar-refractivity contribution in [3.63, 3.8) is 0 Å². The Balaban J connectivity index is 1.60. The Morgan fingerprint density at radius 3 is 2.72 bits per heavy atom. The number of hydrogen-bond acceptors (Lipinski definition) is 5. The molecule has 0 radical (unpaired) electrons. The smallest absolute Gasteiger partial charge is 0.255 e. The molecule has 0 bridgehead atoms. The molecule has 4 rings (SSSR count). The van der Waals surface area contributed by atoms with Gasteiger partial charge in [0, 0.05) is 30.4 Å². The predicted octanol–water partition coefficient (Wildman–Crippen LogP) is 2.51. The van der Waals surface area contributed by atoms with Gasteiger partial charge in [-0.25, -0.2) is 4.98 Å². The van der Waals surface area contributed by atoms with E-state index in [2.05, 4.69) is 35.5 Å². The van der Waals surface area contributed by atoms with Crippen molar-refractivity contribution in [3.05, 3.63) is 66.9 Å². The third-order valence-corrected chi connectivity index (χ3v) is 3.57. The van der Waals surface area contributed by atoms with Gasteiger partial charge in [-0.3, -0.25) is 19.9 Å². The first-order chi connectivity index (χ1) is 12.3. The van der Waals surface area contributed by atoms with Crippen molar-refractivity contribution in [2.75, 3.05) is 5.32 Å². The van der Waals surface area contributed by atoms with Gasteiger partial charge in [-0.2, -0.15) is 5.10 Å². The van der Waals surface area contributed by atoms with E-state index in [1.165, 1.54) is 0 Å². The fraction of sp³-hybridized carbons (Fsp3) is 0. The first-order valence-electron chi connectivity index (χ1n) is 7.53. The molecule has 0 atom stereocenters. The lowest BCUT2D eigenvalue weighted by molar-refractivity contribution is 0.102. The molecule has 8 heteroatoms. The summed E-state index contributed by atoms with van der Waals surface area (Å²) < 4.78 is 0. The van der Waals surface area contributed by atoms with Crippen molar-refractivity contribution in [2.24, 2.45) is 0 Å². The van der Waals surface area contributed by atoms with Crippen LogP contribution in [0.1, 0.15) is 10.4 Å². The van der Waals surface area contributed by atoms with E-state index < -0.39 is 0 Å². The highest BCUT2D eigenvalue weighted by Crippen LogP contribution is 2.24. The minimum absolute atomic E-state index is 0.270. The molecule has 3 N–H and O–H groups in total. The molecule has 0 fully saturated rings. The topological polar surface area (TPSA) is 112 Å². The van der Waals surface area contributed by atoms with Crippen LogP contribution >= 0.6 is 0 Å². The number of hydrogen-bond donors (Lipinski definition) is 3. The van der Waals surface area contributed by atoms with E-state index in [4.69, 9.17) is 0 Å². The molecular weight excluding hydrogens is 318 g/mol. The highest BCUT2D eigenvalue weighted by Gasteiger charge is 2.14. The molecule has 25 heavy (non-hydrogen) atoms. The van der Waals surface area contributed by atoms with Crippen molar-refractivity contribution in [2.45, 2.75) is 0 Å². The molecule has 0 unspecified atom stereocenters. The zero-order valence-corrected chi connectivity index (χ0v) is 13.0. The first kappa shape index (κ1) is 14.8. The van der Waals surface area contributed by atoms with Crippen LogP contribution < -0.4 is 5.32 Å². The van der Waals surface area contributed by atoms with E-state index in [0.29, 0.717) is 34.2 Å². The van der Waals surface area contributed by atoms with Crippen molar-refractivity contribution < 1.29 is 4.79 Å². The summed E-state index contributed by atoms with van der Waals surface area (Å²) >= 11 is 0. The average Bonchev–Trinajstić information content (AvgIpc) is 3.34. The Kier molecular flexibility index (Phi) is 3.76. The number of nitrogens with zero attached hydrogens (tertiary/aromatic N) is 4.